The van der Waals surface area contributed by atoms with E-state index in [1.165, 1.54) is 4.90 Å². The van der Waals surface area contributed by atoms with Crippen LogP contribution in [-0.4, -0.2) is 21.5 Å². The monoisotopic (exact) mass is 316 g/mol. The van der Waals surface area contributed by atoms with Crippen LogP contribution in [-0.2, 0) is 5.75 Å². The first-order chi connectivity index (χ1) is 10.4. The lowest BCUT2D eigenvalue weighted by Crippen LogP contribution is -2.05. The topological polar surface area (TPSA) is 50.7 Å². The summed E-state index contributed by atoms with van der Waals surface area (Å²) in [6, 6.07) is 6.09. The van der Waals surface area contributed by atoms with Gasteiger partial charge in [-0.2, -0.15) is 0 Å². The number of aromatic nitrogens is 3. The van der Waals surface area contributed by atoms with E-state index >= 15 is 0 Å². The summed E-state index contributed by atoms with van der Waals surface area (Å²) >= 11 is 3.39. The Morgan fingerprint density at radius 2 is 2.05 bits per heavy atom. The minimum absolute atomic E-state index is 0.763. The Morgan fingerprint density at radius 1 is 1.19 bits per heavy atom. The molecule has 0 aromatic carbocycles. The van der Waals surface area contributed by atoms with Gasteiger partial charge in [-0.1, -0.05) is 6.92 Å². The fourth-order valence-electron chi connectivity index (χ4n) is 1.92. The van der Waals surface area contributed by atoms with Gasteiger partial charge in [-0.25, -0.2) is 9.97 Å². The van der Waals surface area contributed by atoms with Crippen molar-refractivity contribution < 1.29 is 0 Å². The van der Waals surface area contributed by atoms with E-state index in [0.717, 1.165) is 40.6 Å². The van der Waals surface area contributed by atoms with Crippen LogP contribution in [0.15, 0.2) is 40.9 Å². The van der Waals surface area contributed by atoms with Gasteiger partial charge in [0.1, 0.15) is 16.5 Å². The average Bonchev–Trinajstić information content (AvgIpc) is 3.00. The van der Waals surface area contributed by atoms with Gasteiger partial charge in [0.15, 0.2) is 0 Å². The molecule has 0 aliphatic heterocycles. The summed E-state index contributed by atoms with van der Waals surface area (Å²) in [5, 5.41) is 6.58. The van der Waals surface area contributed by atoms with Gasteiger partial charge in [0.25, 0.3) is 0 Å². The lowest BCUT2D eigenvalue weighted by Gasteiger charge is -2.08. The number of thioether (sulfide) groups is 1. The Bertz CT molecular complexity index is 712. The number of rotatable bonds is 6. The number of thiophene rings is 1. The first-order valence-corrected chi connectivity index (χ1v) is 8.74. The summed E-state index contributed by atoms with van der Waals surface area (Å²) in [4.78, 5) is 15.6. The normalized spacial score (nSPS) is 10.9. The molecule has 6 heteroatoms. The molecule has 0 saturated heterocycles. The van der Waals surface area contributed by atoms with E-state index in [0.29, 0.717) is 0 Å². The smallest absolute Gasteiger partial charge is 0.142 e. The third-order valence-corrected chi connectivity index (χ3v) is 4.75. The van der Waals surface area contributed by atoms with E-state index in [2.05, 4.69) is 38.6 Å². The average molecular weight is 316 g/mol. The Labute approximate surface area is 132 Å². The molecule has 3 aromatic rings. The van der Waals surface area contributed by atoms with Crippen LogP contribution in [0.5, 0.6) is 0 Å². The van der Waals surface area contributed by atoms with Gasteiger partial charge in [0.2, 0.25) is 0 Å². The van der Waals surface area contributed by atoms with Crippen molar-refractivity contribution >= 4 is 39.1 Å². The molecule has 0 fully saturated rings. The van der Waals surface area contributed by atoms with Crippen molar-refractivity contribution in [3.8, 4) is 0 Å². The number of hydrogen-bond donors (Lipinski definition) is 1. The van der Waals surface area contributed by atoms with Gasteiger partial charge in [0.05, 0.1) is 11.1 Å². The Morgan fingerprint density at radius 3 is 2.86 bits per heavy atom. The number of anilines is 1. The van der Waals surface area contributed by atoms with Crippen molar-refractivity contribution in [1.29, 1.82) is 0 Å². The second-order valence-electron chi connectivity index (χ2n) is 4.53. The predicted octanol–water partition coefficient (Wildman–Crippen LogP) is 4.20. The van der Waals surface area contributed by atoms with E-state index in [1.807, 2.05) is 12.1 Å². The second-order valence-corrected chi connectivity index (χ2v) is 6.47. The first-order valence-electron chi connectivity index (χ1n) is 6.87. The van der Waals surface area contributed by atoms with E-state index < -0.39 is 0 Å². The SMILES string of the molecule is CCCNc1nc(CSc2ccncc2)nc2sccc12. The van der Waals surface area contributed by atoms with Crippen molar-refractivity contribution in [3.05, 3.63) is 41.8 Å². The molecule has 108 valence electrons. The summed E-state index contributed by atoms with van der Waals surface area (Å²) in [6.07, 6.45) is 4.69. The molecule has 0 spiro atoms. The maximum Gasteiger partial charge on any atom is 0.142 e. The van der Waals surface area contributed by atoms with Gasteiger partial charge in [0, 0.05) is 23.8 Å². The summed E-state index contributed by atoms with van der Waals surface area (Å²) in [7, 11) is 0. The van der Waals surface area contributed by atoms with Crippen LogP contribution < -0.4 is 5.32 Å². The lowest BCUT2D eigenvalue weighted by atomic mass is 10.3. The first kappa shape index (κ1) is 14.3. The largest absolute Gasteiger partial charge is 0.369 e. The van der Waals surface area contributed by atoms with Crippen molar-refractivity contribution in [2.24, 2.45) is 0 Å². The standard InChI is InChI=1S/C15H16N4S2/c1-2-6-17-14-12-5-9-20-15(12)19-13(18-14)10-21-11-3-7-16-8-4-11/h3-5,7-9H,2,6,10H2,1H3,(H,17,18,19). The molecule has 3 heterocycles. The lowest BCUT2D eigenvalue weighted by molar-refractivity contribution is 0.961. The summed E-state index contributed by atoms with van der Waals surface area (Å²) in [5.74, 6) is 2.58. The maximum absolute atomic E-state index is 4.67. The third kappa shape index (κ3) is 3.51. The van der Waals surface area contributed by atoms with Crippen LogP contribution in [0.2, 0.25) is 0 Å². The molecule has 0 radical (unpaired) electrons. The summed E-state index contributed by atoms with van der Waals surface area (Å²) in [6.45, 7) is 3.08. The molecule has 0 atom stereocenters. The molecule has 4 nitrogen and oxygen atoms in total. The molecule has 0 amide bonds. The summed E-state index contributed by atoms with van der Waals surface area (Å²) in [5.41, 5.74) is 0. The number of nitrogens with zero attached hydrogens (tertiary/aromatic N) is 3. The van der Waals surface area contributed by atoms with Crippen LogP contribution in [0.25, 0.3) is 10.2 Å². The predicted molar refractivity (Wildman–Crippen MR) is 90.0 cm³/mol. The quantitative estimate of drug-likeness (QED) is 0.691. The van der Waals surface area contributed by atoms with Gasteiger partial charge in [-0.3, -0.25) is 4.98 Å². The molecule has 0 saturated carbocycles. The van der Waals surface area contributed by atoms with Gasteiger partial charge < -0.3 is 5.32 Å². The zero-order chi connectivity index (χ0) is 14.5. The molecule has 0 unspecified atom stereocenters. The van der Waals surface area contributed by atoms with E-state index in [1.54, 1.807) is 35.5 Å². The Balaban J connectivity index is 1.81. The van der Waals surface area contributed by atoms with Crippen LogP contribution in [0.3, 0.4) is 0 Å². The Kier molecular flexibility index (Phi) is 4.67. The third-order valence-electron chi connectivity index (χ3n) is 2.93. The highest BCUT2D eigenvalue weighted by molar-refractivity contribution is 7.98. The van der Waals surface area contributed by atoms with Crippen LogP contribution in [0.4, 0.5) is 5.82 Å². The fraction of sp³-hybridized carbons (Fsp3) is 0.267. The van der Waals surface area contributed by atoms with E-state index in [-0.39, 0.29) is 0 Å². The Hall–Kier alpha value is -1.66. The molecule has 3 rings (SSSR count). The molecule has 21 heavy (non-hydrogen) atoms. The minimum Gasteiger partial charge on any atom is -0.369 e. The molecular formula is C15H16N4S2. The number of nitrogens with one attached hydrogen (secondary N) is 1. The molecule has 1 N–H and O–H groups in total. The van der Waals surface area contributed by atoms with Crippen LogP contribution in [0, 0.1) is 0 Å². The molecule has 0 aliphatic rings. The highest BCUT2D eigenvalue weighted by Gasteiger charge is 2.09. The molecule has 0 bridgehead atoms. The van der Waals surface area contributed by atoms with Gasteiger partial charge in [-0.15, -0.1) is 23.1 Å². The zero-order valence-corrected chi connectivity index (χ0v) is 13.4. The summed E-state index contributed by atoms with van der Waals surface area (Å²) < 4.78 is 0. The highest BCUT2D eigenvalue weighted by atomic mass is 32.2. The zero-order valence-electron chi connectivity index (χ0n) is 11.7. The van der Waals surface area contributed by atoms with Crippen molar-refractivity contribution in [1.82, 2.24) is 15.0 Å². The molecule has 0 aliphatic carbocycles. The second kappa shape index (κ2) is 6.87. The van der Waals surface area contributed by atoms with Crippen LogP contribution in [0.1, 0.15) is 19.2 Å². The minimum atomic E-state index is 0.763. The van der Waals surface area contributed by atoms with Crippen molar-refractivity contribution in [2.75, 3.05) is 11.9 Å². The number of fused-ring (bicyclic) bond motifs is 1. The number of hydrogen-bond acceptors (Lipinski definition) is 6. The molecular weight excluding hydrogens is 300 g/mol. The fourth-order valence-corrected chi connectivity index (χ4v) is 3.45. The van der Waals surface area contributed by atoms with E-state index in [9.17, 15) is 0 Å². The highest BCUT2D eigenvalue weighted by Crippen LogP contribution is 2.27. The maximum atomic E-state index is 4.67. The van der Waals surface area contributed by atoms with E-state index in [4.69, 9.17) is 0 Å². The number of pyridine rings is 1. The van der Waals surface area contributed by atoms with Crippen molar-refractivity contribution in [2.45, 2.75) is 24.0 Å². The van der Waals surface area contributed by atoms with Crippen molar-refractivity contribution in [3.63, 3.8) is 0 Å². The molecule has 3 aromatic heterocycles. The van der Waals surface area contributed by atoms with Gasteiger partial charge >= 0.3 is 0 Å². The van der Waals surface area contributed by atoms with Gasteiger partial charge in [-0.05, 0) is 30.0 Å². The van der Waals surface area contributed by atoms with Crippen LogP contribution >= 0.6 is 23.1 Å².